The number of aromatic hydroxyl groups is 2. The topological polar surface area (TPSA) is 49.7 Å². The molecule has 4 heteroatoms. The normalized spacial score (nSPS) is 19.1. The molecule has 1 unspecified atom stereocenters. The Kier molecular flexibility index (Phi) is 3.79. The van der Waals surface area contributed by atoms with E-state index in [9.17, 15) is 10.2 Å². The van der Waals surface area contributed by atoms with Gasteiger partial charge in [-0.3, -0.25) is 6.42 Å². The van der Waals surface area contributed by atoms with Crippen molar-refractivity contribution in [2.75, 3.05) is 0 Å². The summed E-state index contributed by atoms with van der Waals surface area (Å²) in [5.41, 5.74) is 0.746. The van der Waals surface area contributed by atoms with Crippen molar-refractivity contribution in [2.24, 2.45) is 0 Å². The molecule has 1 aromatic rings. The van der Waals surface area contributed by atoms with Crippen molar-refractivity contribution in [1.82, 2.24) is 0 Å². The molecule has 3 nitrogen and oxygen atoms in total. The van der Waals surface area contributed by atoms with Crippen LogP contribution in [0.1, 0.15) is 13.9 Å². The summed E-state index contributed by atoms with van der Waals surface area (Å²) in [6.07, 6.45) is 2.69. The predicted molar refractivity (Wildman–Crippen MR) is 50.0 cm³/mol. The van der Waals surface area contributed by atoms with Crippen LogP contribution in [-0.4, -0.2) is 16.3 Å². The standard InChI is InChI=1S/C10H11O3.Y.H2/c1-6-2-3-8-9(12)4-7(11)5-10(8)13-6;;/h2,4-6,11-12H,3H2,1H3;;1H/q-1;;. The zero-order valence-corrected chi connectivity index (χ0v) is 10.7. The fourth-order valence-corrected chi connectivity index (χ4v) is 1.46. The molecule has 0 saturated heterocycles. The second-order valence-electron chi connectivity index (χ2n) is 3.20. The Morgan fingerprint density at radius 1 is 1.50 bits per heavy atom. The maximum atomic E-state index is 9.46. The molecule has 2 N–H and O–H groups in total. The Hall–Kier alpha value is -0.276. The molecule has 0 aliphatic carbocycles. The van der Waals surface area contributed by atoms with Gasteiger partial charge in [0.15, 0.2) is 0 Å². The minimum absolute atomic E-state index is 0. The van der Waals surface area contributed by atoms with Crippen molar-refractivity contribution in [2.45, 2.75) is 19.4 Å². The van der Waals surface area contributed by atoms with Crippen LogP contribution in [0.4, 0.5) is 0 Å². The quantitative estimate of drug-likeness (QED) is 0.707. The molecule has 0 spiro atoms. The van der Waals surface area contributed by atoms with Crippen LogP contribution >= 0.6 is 0 Å². The molecule has 0 bridgehead atoms. The van der Waals surface area contributed by atoms with E-state index in [1.807, 2.05) is 13.3 Å². The van der Waals surface area contributed by atoms with E-state index in [-0.39, 0.29) is 51.7 Å². The van der Waals surface area contributed by atoms with E-state index < -0.39 is 0 Å². The van der Waals surface area contributed by atoms with Gasteiger partial charge in [0.25, 0.3) is 0 Å². The fourth-order valence-electron chi connectivity index (χ4n) is 1.46. The first-order chi connectivity index (χ1) is 6.16. The number of phenolic OH excluding ortho intramolecular Hbond substituents is 2. The molecule has 1 heterocycles. The third-order valence-electron chi connectivity index (χ3n) is 2.14. The number of hydrogen-bond acceptors (Lipinski definition) is 3. The summed E-state index contributed by atoms with van der Waals surface area (Å²) in [6, 6.07) is 2.85. The van der Waals surface area contributed by atoms with E-state index in [1.165, 1.54) is 12.1 Å². The Morgan fingerprint density at radius 3 is 2.93 bits per heavy atom. The molecule has 0 saturated carbocycles. The van der Waals surface area contributed by atoms with Crippen molar-refractivity contribution in [3.8, 4) is 17.2 Å². The van der Waals surface area contributed by atoms with Crippen molar-refractivity contribution in [3.05, 3.63) is 24.1 Å². The molecule has 1 aromatic carbocycles. The van der Waals surface area contributed by atoms with Gasteiger partial charge < -0.3 is 14.9 Å². The minimum atomic E-state index is 0. The monoisotopic (exact) mass is 270 g/mol. The Balaban J connectivity index is 0.000000980. The maximum absolute atomic E-state index is 9.46. The van der Waals surface area contributed by atoms with Crippen LogP contribution in [0.3, 0.4) is 0 Å². The van der Waals surface area contributed by atoms with Crippen molar-refractivity contribution >= 4 is 0 Å². The van der Waals surface area contributed by atoms with Gasteiger partial charge in [0.2, 0.25) is 0 Å². The van der Waals surface area contributed by atoms with Crippen LogP contribution in [0, 0.1) is 6.42 Å². The SMILES string of the molecule is CC1[CH-]Cc2c(O)cc(O)cc2O1.[HH].[Y]. The van der Waals surface area contributed by atoms with Crippen LogP contribution in [0.2, 0.25) is 0 Å². The number of hydrogen-bond donors (Lipinski definition) is 2. The van der Waals surface area contributed by atoms with Crippen molar-refractivity contribution in [3.63, 3.8) is 0 Å². The summed E-state index contributed by atoms with van der Waals surface area (Å²) >= 11 is 0. The average molecular weight is 270 g/mol. The molecule has 75 valence electrons. The maximum Gasteiger partial charge on any atom is 0.123 e. The first-order valence-electron chi connectivity index (χ1n) is 4.21. The predicted octanol–water partition coefficient (Wildman–Crippen LogP) is 1.87. The number of phenols is 2. The van der Waals surface area contributed by atoms with Gasteiger partial charge in [0.1, 0.15) is 17.2 Å². The summed E-state index contributed by atoms with van der Waals surface area (Å²) < 4.78 is 5.42. The summed E-state index contributed by atoms with van der Waals surface area (Å²) in [5.74, 6) is 0.705. The van der Waals surface area contributed by atoms with Crippen molar-refractivity contribution < 1.29 is 49.1 Å². The summed E-state index contributed by atoms with van der Waals surface area (Å²) in [7, 11) is 0. The fraction of sp³-hybridized carbons (Fsp3) is 0.300. The van der Waals surface area contributed by atoms with E-state index >= 15 is 0 Å². The zero-order valence-electron chi connectivity index (χ0n) is 7.90. The van der Waals surface area contributed by atoms with Gasteiger partial charge in [-0.1, -0.05) is 6.92 Å². The number of rotatable bonds is 0. The third kappa shape index (κ3) is 2.21. The smallest absolute Gasteiger partial charge is 0.123 e. The summed E-state index contributed by atoms with van der Waals surface area (Å²) in [5, 5.41) is 18.7. The molecule has 14 heavy (non-hydrogen) atoms. The zero-order chi connectivity index (χ0) is 9.42. The molecule has 2 rings (SSSR count). The molecular weight excluding hydrogens is 257 g/mol. The molecule has 1 radical (unpaired) electrons. The van der Waals surface area contributed by atoms with Crippen LogP contribution in [0.5, 0.6) is 17.2 Å². The van der Waals surface area contributed by atoms with Gasteiger partial charge in [-0.15, -0.1) is 6.42 Å². The number of fused-ring (bicyclic) bond motifs is 1. The van der Waals surface area contributed by atoms with Crippen LogP contribution in [-0.2, 0) is 39.1 Å². The van der Waals surface area contributed by atoms with E-state index in [0.717, 1.165) is 5.56 Å². The Morgan fingerprint density at radius 2 is 2.21 bits per heavy atom. The van der Waals surface area contributed by atoms with E-state index in [2.05, 4.69) is 0 Å². The number of benzene rings is 1. The second-order valence-corrected chi connectivity index (χ2v) is 3.20. The van der Waals surface area contributed by atoms with Crippen LogP contribution in [0.25, 0.3) is 0 Å². The summed E-state index contributed by atoms with van der Waals surface area (Å²) in [6.45, 7) is 1.92. The van der Waals surface area contributed by atoms with Gasteiger partial charge in [-0.25, -0.2) is 0 Å². The molecule has 1 aliphatic rings. The largest absolute Gasteiger partial charge is 0.522 e. The molecule has 0 aromatic heterocycles. The first-order valence-corrected chi connectivity index (χ1v) is 4.21. The minimum Gasteiger partial charge on any atom is -0.522 e. The van der Waals surface area contributed by atoms with Gasteiger partial charge >= 0.3 is 0 Å². The molecule has 0 amide bonds. The summed E-state index contributed by atoms with van der Waals surface area (Å²) in [4.78, 5) is 0. The van der Waals surface area contributed by atoms with Gasteiger partial charge in [0, 0.05) is 51.8 Å². The van der Waals surface area contributed by atoms with Crippen molar-refractivity contribution in [1.29, 1.82) is 0 Å². The molecule has 1 aliphatic heterocycles. The van der Waals surface area contributed by atoms with Gasteiger partial charge in [-0.2, -0.15) is 0 Å². The van der Waals surface area contributed by atoms with E-state index in [1.54, 1.807) is 0 Å². The second kappa shape index (κ2) is 4.50. The Labute approximate surface area is 109 Å². The van der Waals surface area contributed by atoms with Crippen LogP contribution in [0.15, 0.2) is 12.1 Å². The molecular formula is C10H13O3Y-. The Bertz CT molecular complexity index is 344. The molecule has 1 atom stereocenters. The van der Waals surface area contributed by atoms with E-state index in [0.29, 0.717) is 12.2 Å². The third-order valence-corrected chi connectivity index (χ3v) is 2.14. The number of ether oxygens (including phenoxy) is 1. The average Bonchev–Trinajstić information content (AvgIpc) is 2.02. The van der Waals surface area contributed by atoms with Gasteiger partial charge in [0.05, 0.1) is 0 Å². The van der Waals surface area contributed by atoms with E-state index in [4.69, 9.17) is 4.74 Å². The van der Waals surface area contributed by atoms with Gasteiger partial charge in [-0.05, 0) is 6.10 Å². The molecule has 0 fully saturated rings. The van der Waals surface area contributed by atoms with Crippen LogP contribution < -0.4 is 4.74 Å². The first kappa shape index (κ1) is 11.8.